The summed E-state index contributed by atoms with van der Waals surface area (Å²) in [5.41, 5.74) is 0.746. The number of hydrogen-bond donors (Lipinski definition) is 0. The first-order valence-corrected chi connectivity index (χ1v) is 8.50. The summed E-state index contributed by atoms with van der Waals surface area (Å²) in [7, 11) is 2.26. The normalized spacial score (nSPS) is 20.2. The van der Waals surface area contributed by atoms with E-state index in [0.717, 1.165) is 11.5 Å². The molecule has 1 saturated carbocycles. The predicted octanol–water partition coefficient (Wildman–Crippen LogP) is 3.64. The van der Waals surface area contributed by atoms with Gasteiger partial charge in [0.2, 0.25) is 0 Å². The van der Waals surface area contributed by atoms with E-state index in [-0.39, 0.29) is 0 Å². The van der Waals surface area contributed by atoms with Gasteiger partial charge in [-0.2, -0.15) is 0 Å². The minimum absolute atomic E-state index is 0.746. The Balaban J connectivity index is 2.52. The lowest BCUT2D eigenvalue weighted by molar-refractivity contribution is 0.225. The van der Waals surface area contributed by atoms with E-state index >= 15 is 0 Å². The summed E-state index contributed by atoms with van der Waals surface area (Å²) in [6.07, 6.45) is 11.0. The summed E-state index contributed by atoms with van der Waals surface area (Å²) in [6.45, 7) is 2.27. The smallest absolute Gasteiger partial charge is 0.324 e. The highest BCUT2D eigenvalue weighted by Crippen LogP contribution is 2.38. The van der Waals surface area contributed by atoms with E-state index in [1.54, 1.807) is 0 Å². The van der Waals surface area contributed by atoms with E-state index in [4.69, 9.17) is 8.85 Å². The molecule has 3 heteroatoms. The molecule has 0 spiro atoms. The van der Waals surface area contributed by atoms with Crippen molar-refractivity contribution in [1.29, 1.82) is 0 Å². The standard InChI is InChI=1S/C13H28O2Si/c1-4-5-11-13(16(14-2)15-3)12-9-7-6-8-10-12/h12-13,16H,4-11H2,1-3H3. The molecule has 0 aromatic carbocycles. The molecule has 0 aromatic rings. The number of rotatable bonds is 7. The molecule has 0 aliphatic heterocycles. The molecule has 0 aromatic heterocycles. The Hall–Kier alpha value is 0.137. The van der Waals surface area contributed by atoms with Crippen LogP contribution < -0.4 is 0 Å². The molecule has 0 N–H and O–H groups in total. The van der Waals surface area contributed by atoms with Gasteiger partial charge in [-0.3, -0.25) is 0 Å². The van der Waals surface area contributed by atoms with Crippen molar-refractivity contribution < 1.29 is 8.85 Å². The van der Waals surface area contributed by atoms with Crippen LogP contribution in [0.3, 0.4) is 0 Å². The fourth-order valence-corrected chi connectivity index (χ4v) is 5.27. The highest BCUT2D eigenvalue weighted by atomic mass is 28.3. The second-order valence-electron chi connectivity index (χ2n) is 5.04. The maximum Gasteiger partial charge on any atom is 0.324 e. The average Bonchev–Trinajstić information content (AvgIpc) is 2.35. The Morgan fingerprint density at radius 2 is 1.75 bits per heavy atom. The molecule has 1 rings (SSSR count). The van der Waals surface area contributed by atoms with Gasteiger partial charge in [-0.15, -0.1) is 0 Å². The Labute approximate surface area is 103 Å². The molecule has 1 atom stereocenters. The lowest BCUT2D eigenvalue weighted by Crippen LogP contribution is -2.32. The van der Waals surface area contributed by atoms with Gasteiger partial charge < -0.3 is 8.85 Å². The molecule has 1 fully saturated rings. The number of hydrogen-bond acceptors (Lipinski definition) is 2. The number of unbranched alkanes of at least 4 members (excludes halogenated alkanes) is 1. The summed E-state index contributed by atoms with van der Waals surface area (Å²) < 4.78 is 11.3. The van der Waals surface area contributed by atoms with Crippen LogP contribution in [0, 0.1) is 5.92 Å². The van der Waals surface area contributed by atoms with Crippen molar-refractivity contribution in [3.8, 4) is 0 Å². The lowest BCUT2D eigenvalue weighted by Gasteiger charge is -2.33. The summed E-state index contributed by atoms with van der Waals surface area (Å²) in [5.74, 6) is 0.886. The van der Waals surface area contributed by atoms with E-state index < -0.39 is 9.28 Å². The van der Waals surface area contributed by atoms with Gasteiger partial charge in [0, 0.05) is 19.8 Å². The molecule has 2 nitrogen and oxygen atoms in total. The topological polar surface area (TPSA) is 18.5 Å². The summed E-state index contributed by atoms with van der Waals surface area (Å²) in [5, 5.41) is 0. The molecular weight excluding hydrogens is 216 g/mol. The van der Waals surface area contributed by atoms with Gasteiger partial charge in [0.15, 0.2) is 0 Å². The minimum atomic E-state index is -1.41. The van der Waals surface area contributed by atoms with Crippen molar-refractivity contribution in [2.24, 2.45) is 5.92 Å². The Morgan fingerprint density at radius 3 is 2.25 bits per heavy atom. The van der Waals surface area contributed by atoms with Gasteiger partial charge in [0.05, 0.1) is 0 Å². The van der Waals surface area contributed by atoms with Crippen molar-refractivity contribution >= 4 is 9.28 Å². The predicted molar refractivity (Wildman–Crippen MR) is 71.0 cm³/mol. The highest BCUT2D eigenvalue weighted by Gasteiger charge is 2.32. The Morgan fingerprint density at radius 1 is 1.12 bits per heavy atom. The first-order chi connectivity index (χ1) is 7.83. The van der Waals surface area contributed by atoms with Crippen LogP contribution in [0.1, 0.15) is 58.3 Å². The summed E-state index contributed by atoms with van der Waals surface area (Å²) in [6, 6.07) is 0. The van der Waals surface area contributed by atoms with E-state index in [1.165, 1.54) is 51.4 Å². The van der Waals surface area contributed by atoms with Crippen LogP contribution in [0.4, 0.5) is 0 Å². The average molecular weight is 244 g/mol. The fourth-order valence-electron chi connectivity index (χ4n) is 3.04. The zero-order valence-corrected chi connectivity index (χ0v) is 12.4. The van der Waals surface area contributed by atoms with Crippen LogP contribution in [0.15, 0.2) is 0 Å². The zero-order valence-electron chi connectivity index (χ0n) is 11.2. The second kappa shape index (κ2) is 8.26. The molecule has 1 unspecified atom stereocenters. The Bertz CT molecular complexity index is 165. The van der Waals surface area contributed by atoms with Crippen LogP contribution in [0.5, 0.6) is 0 Å². The maximum absolute atomic E-state index is 5.63. The molecule has 0 saturated heterocycles. The van der Waals surface area contributed by atoms with Crippen molar-refractivity contribution in [3.05, 3.63) is 0 Å². The van der Waals surface area contributed by atoms with E-state index in [2.05, 4.69) is 6.92 Å². The van der Waals surface area contributed by atoms with Crippen LogP contribution in [-0.2, 0) is 8.85 Å². The first kappa shape index (κ1) is 14.2. The highest BCUT2D eigenvalue weighted by molar-refractivity contribution is 6.46. The second-order valence-corrected chi connectivity index (χ2v) is 7.58. The quantitative estimate of drug-likeness (QED) is 0.637. The molecule has 0 bridgehead atoms. The van der Waals surface area contributed by atoms with E-state index in [1.807, 2.05) is 14.2 Å². The third-order valence-electron chi connectivity index (χ3n) is 3.96. The maximum atomic E-state index is 5.63. The lowest BCUT2D eigenvalue weighted by atomic mass is 9.85. The van der Waals surface area contributed by atoms with Crippen molar-refractivity contribution in [2.75, 3.05) is 14.2 Å². The fraction of sp³-hybridized carbons (Fsp3) is 1.00. The third kappa shape index (κ3) is 4.19. The van der Waals surface area contributed by atoms with E-state index in [0.29, 0.717) is 0 Å². The SMILES string of the molecule is CCCCC(C1CCCCC1)[SiH](OC)OC. The van der Waals surface area contributed by atoms with Crippen molar-refractivity contribution in [1.82, 2.24) is 0 Å². The van der Waals surface area contributed by atoms with E-state index in [9.17, 15) is 0 Å². The van der Waals surface area contributed by atoms with Crippen molar-refractivity contribution in [2.45, 2.75) is 63.8 Å². The minimum Gasteiger partial charge on any atom is -0.400 e. The summed E-state index contributed by atoms with van der Waals surface area (Å²) >= 11 is 0. The first-order valence-electron chi connectivity index (χ1n) is 6.89. The van der Waals surface area contributed by atoms with Crippen LogP contribution >= 0.6 is 0 Å². The van der Waals surface area contributed by atoms with Gasteiger partial charge in [-0.25, -0.2) is 0 Å². The van der Waals surface area contributed by atoms with Crippen LogP contribution in [0.25, 0.3) is 0 Å². The molecule has 96 valence electrons. The zero-order chi connectivity index (χ0) is 11.8. The largest absolute Gasteiger partial charge is 0.400 e. The van der Waals surface area contributed by atoms with Gasteiger partial charge >= 0.3 is 9.28 Å². The molecule has 0 radical (unpaired) electrons. The molecule has 0 heterocycles. The molecular formula is C13H28O2Si. The van der Waals surface area contributed by atoms with Gasteiger partial charge in [0.25, 0.3) is 0 Å². The van der Waals surface area contributed by atoms with Crippen LogP contribution in [-0.4, -0.2) is 23.5 Å². The van der Waals surface area contributed by atoms with Gasteiger partial charge in [-0.1, -0.05) is 51.9 Å². The molecule has 0 amide bonds. The summed E-state index contributed by atoms with van der Waals surface area (Å²) in [4.78, 5) is 0. The van der Waals surface area contributed by atoms with Gasteiger partial charge in [0.1, 0.15) is 0 Å². The Kier molecular flexibility index (Phi) is 7.33. The monoisotopic (exact) mass is 244 g/mol. The molecule has 1 aliphatic carbocycles. The molecule has 1 aliphatic rings. The van der Waals surface area contributed by atoms with Crippen molar-refractivity contribution in [3.63, 3.8) is 0 Å². The van der Waals surface area contributed by atoms with Crippen LogP contribution in [0.2, 0.25) is 5.54 Å². The third-order valence-corrected chi connectivity index (χ3v) is 6.47. The van der Waals surface area contributed by atoms with Gasteiger partial charge in [-0.05, 0) is 12.3 Å². The molecule has 16 heavy (non-hydrogen) atoms.